The van der Waals surface area contributed by atoms with Gasteiger partial charge in [0.05, 0.1) is 29.2 Å². The number of benzene rings is 1. The van der Waals surface area contributed by atoms with Gasteiger partial charge in [-0.3, -0.25) is 19.0 Å². The molecule has 40 heavy (non-hydrogen) atoms. The van der Waals surface area contributed by atoms with Crippen LogP contribution in [-0.2, 0) is 16.1 Å². The molecule has 1 amide bonds. The highest BCUT2D eigenvalue weighted by Crippen LogP contribution is 2.47. The number of phosphoric ester groups is 1. The standard InChI is InChI=1S/C27H33N6O6P/c1-5-27(6-2)14-20(39-40(35,36)37)8-10-33(27)24-13-23-19(15-29-32(23)4)12-21(24)30-25(34)22-16-38-26(31-22)18-7-9-28-17(3)11-18/h7,9,11-13,15-16,20H,5-6,8,10,14H2,1-4H3,(H,30,34)(H2,35,36,37). The first kappa shape index (κ1) is 28.0. The number of nitrogens with zero attached hydrogens (tertiary/aromatic N) is 5. The van der Waals surface area contributed by atoms with Crippen LogP contribution in [-0.4, -0.2) is 53.6 Å². The maximum atomic E-state index is 13.4. The third kappa shape index (κ3) is 5.53. The number of pyridine rings is 1. The van der Waals surface area contributed by atoms with Crippen molar-refractivity contribution in [1.29, 1.82) is 0 Å². The Hall–Kier alpha value is -3.57. The largest absolute Gasteiger partial charge is 0.469 e. The minimum atomic E-state index is -4.63. The summed E-state index contributed by atoms with van der Waals surface area (Å²) in [6, 6.07) is 7.48. The van der Waals surface area contributed by atoms with Gasteiger partial charge in [0, 0.05) is 42.0 Å². The highest BCUT2D eigenvalue weighted by Gasteiger charge is 2.43. The van der Waals surface area contributed by atoms with Gasteiger partial charge in [0.1, 0.15) is 6.26 Å². The van der Waals surface area contributed by atoms with Crippen LogP contribution in [0.25, 0.3) is 22.4 Å². The van der Waals surface area contributed by atoms with Crippen molar-refractivity contribution in [1.82, 2.24) is 19.7 Å². The molecule has 0 aliphatic carbocycles. The quantitative estimate of drug-likeness (QED) is 0.252. The topological polar surface area (TPSA) is 156 Å². The van der Waals surface area contributed by atoms with Crippen molar-refractivity contribution in [3.8, 4) is 11.5 Å². The van der Waals surface area contributed by atoms with E-state index < -0.39 is 25.4 Å². The minimum absolute atomic E-state index is 0.132. The van der Waals surface area contributed by atoms with Gasteiger partial charge in [-0.1, -0.05) is 13.8 Å². The molecule has 3 N–H and O–H groups in total. The van der Waals surface area contributed by atoms with E-state index in [1.807, 2.05) is 32.2 Å². The third-order valence-electron chi connectivity index (χ3n) is 7.74. The normalized spacial score (nSPS) is 17.4. The van der Waals surface area contributed by atoms with Crippen LogP contribution in [0.4, 0.5) is 11.4 Å². The Balaban J connectivity index is 1.50. The molecule has 1 unspecified atom stereocenters. The Morgan fingerprint density at radius 1 is 1.27 bits per heavy atom. The number of fused-ring (bicyclic) bond motifs is 1. The molecule has 1 saturated heterocycles. The lowest BCUT2D eigenvalue weighted by molar-refractivity contribution is 0.0777. The molecular formula is C27H33N6O6P. The average Bonchev–Trinajstić information content (AvgIpc) is 3.55. The van der Waals surface area contributed by atoms with Crippen LogP contribution >= 0.6 is 7.82 Å². The monoisotopic (exact) mass is 568 g/mol. The summed E-state index contributed by atoms with van der Waals surface area (Å²) in [5.41, 5.74) is 3.46. The van der Waals surface area contributed by atoms with Crippen LogP contribution in [0.1, 0.15) is 55.7 Å². The third-order valence-corrected chi connectivity index (χ3v) is 8.31. The molecular weight excluding hydrogens is 535 g/mol. The van der Waals surface area contributed by atoms with Crippen LogP contribution in [0.15, 0.2) is 47.3 Å². The zero-order chi connectivity index (χ0) is 28.7. The molecule has 0 saturated carbocycles. The van der Waals surface area contributed by atoms with Crippen LogP contribution < -0.4 is 10.2 Å². The maximum absolute atomic E-state index is 13.4. The second-order valence-electron chi connectivity index (χ2n) is 10.2. The Morgan fingerprint density at radius 3 is 2.75 bits per heavy atom. The van der Waals surface area contributed by atoms with E-state index in [1.54, 1.807) is 23.1 Å². The molecule has 3 aromatic heterocycles. The lowest BCUT2D eigenvalue weighted by Gasteiger charge is -2.51. The molecule has 1 aliphatic rings. The fourth-order valence-corrected chi connectivity index (χ4v) is 6.18. The van der Waals surface area contributed by atoms with Crippen molar-refractivity contribution >= 4 is 36.0 Å². The number of anilines is 2. The number of hydrogen-bond donors (Lipinski definition) is 3. The molecule has 5 rings (SSSR count). The fourth-order valence-electron chi connectivity index (χ4n) is 5.61. The van der Waals surface area contributed by atoms with Gasteiger partial charge in [-0.15, -0.1) is 0 Å². The zero-order valence-corrected chi connectivity index (χ0v) is 23.8. The average molecular weight is 569 g/mol. The van der Waals surface area contributed by atoms with Crippen LogP contribution in [0.3, 0.4) is 0 Å². The van der Waals surface area contributed by atoms with E-state index >= 15 is 0 Å². The first-order chi connectivity index (χ1) is 19.0. The second-order valence-corrected chi connectivity index (χ2v) is 11.4. The number of oxazole rings is 1. The number of piperidine rings is 1. The molecule has 1 aliphatic heterocycles. The SMILES string of the molecule is CCC1(CC)CC(OP(=O)(O)O)CCN1c1cc2c(cnn2C)cc1NC(=O)c1coc(-c2ccnc(C)c2)n1. The van der Waals surface area contributed by atoms with E-state index in [1.165, 1.54) is 6.26 Å². The molecule has 0 radical (unpaired) electrons. The van der Waals surface area contributed by atoms with Crippen molar-refractivity contribution in [3.05, 3.63) is 54.3 Å². The van der Waals surface area contributed by atoms with Crippen LogP contribution in [0.5, 0.6) is 0 Å². The van der Waals surface area contributed by atoms with Crippen LogP contribution in [0, 0.1) is 6.92 Å². The first-order valence-corrected chi connectivity index (χ1v) is 14.7. The van der Waals surface area contributed by atoms with Gasteiger partial charge in [0.15, 0.2) is 5.69 Å². The van der Waals surface area contributed by atoms with Crippen molar-refractivity contribution < 1.29 is 28.1 Å². The van der Waals surface area contributed by atoms with Gasteiger partial charge in [-0.25, -0.2) is 9.55 Å². The number of nitrogens with one attached hydrogen (secondary N) is 1. The summed E-state index contributed by atoms with van der Waals surface area (Å²) in [4.78, 5) is 43.1. The smallest absolute Gasteiger partial charge is 0.444 e. The van der Waals surface area contributed by atoms with Gasteiger partial charge in [0.25, 0.3) is 5.91 Å². The molecule has 0 spiro atoms. The Morgan fingerprint density at radius 2 is 2.05 bits per heavy atom. The maximum Gasteiger partial charge on any atom is 0.469 e. The molecule has 0 bridgehead atoms. The Bertz CT molecular complexity index is 1590. The van der Waals surface area contributed by atoms with Crippen molar-refractivity contribution in [2.24, 2.45) is 7.05 Å². The van der Waals surface area contributed by atoms with E-state index in [4.69, 9.17) is 8.94 Å². The first-order valence-electron chi connectivity index (χ1n) is 13.2. The zero-order valence-electron chi connectivity index (χ0n) is 22.9. The number of aryl methyl sites for hydroxylation is 2. The fraction of sp³-hybridized carbons (Fsp3) is 0.407. The van der Waals surface area contributed by atoms with E-state index in [0.717, 1.165) is 27.8 Å². The number of amides is 1. The number of carbonyl (C=O) groups excluding carboxylic acids is 1. The number of carbonyl (C=O) groups is 1. The van der Waals surface area contributed by atoms with Gasteiger partial charge >= 0.3 is 7.82 Å². The Labute approximate surface area is 231 Å². The molecule has 4 aromatic rings. The highest BCUT2D eigenvalue weighted by atomic mass is 31.2. The summed E-state index contributed by atoms with van der Waals surface area (Å²) in [7, 11) is -2.77. The van der Waals surface area contributed by atoms with E-state index in [2.05, 4.69) is 39.1 Å². The molecule has 4 heterocycles. The number of phosphoric acid groups is 1. The lowest BCUT2D eigenvalue weighted by Crippen LogP contribution is -2.55. The van der Waals surface area contributed by atoms with Gasteiger partial charge in [-0.05, 0) is 56.9 Å². The summed E-state index contributed by atoms with van der Waals surface area (Å²) in [5, 5.41) is 8.26. The predicted octanol–water partition coefficient (Wildman–Crippen LogP) is 4.82. The van der Waals surface area contributed by atoms with Crippen molar-refractivity contribution in [2.75, 3.05) is 16.8 Å². The number of rotatable bonds is 8. The second kappa shape index (κ2) is 10.8. The predicted molar refractivity (Wildman–Crippen MR) is 150 cm³/mol. The van der Waals surface area contributed by atoms with Crippen LogP contribution in [0.2, 0.25) is 0 Å². The van der Waals surface area contributed by atoms with Crippen molar-refractivity contribution in [2.45, 2.75) is 58.1 Å². The molecule has 13 heteroatoms. The minimum Gasteiger partial charge on any atom is -0.444 e. The summed E-state index contributed by atoms with van der Waals surface area (Å²) in [5.74, 6) is -0.106. The van der Waals surface area contributed by atoms with Gasteiger partial charge in [0.2, 0.25) is 5.89 Å². The van der Waals surface area contributed by atoms with E-state index in [9.17, 15) is 19.1 Å². The summed E-state index contributed by atoms with van der Waals surface area (Å²) in [6.45, 7) is 6.45. The van der Waals surface area contributed by atoms with Gasteiger partial charge in [-0.2, -0.15) is 5.10 Å². The molecule has 1 atom stereocenters. The highest BCUT2D eigenvalue weighted by molar-refractivity contribution is 7.46. The van der Waals surface area contributed by atoms with Crippen molar-refractivity contribution in [3.63, 3.8) is 0 Å². The van der Waals surface area contributed by atoms with E-state index in [-0.39, 0.29) is 5.69 Å². The number of hydrogen-bond acceptors (Lipinski definition) is 8. The number of aromatic nitrogens is 4. The Kier molecular flexibility index (Phi) is 7.54. The summed E-state index contributed by atoms with van der Waals surface area (Å²) >= 11 is 0. The molecule has 1 aromatic carbocycles. The molecule has 1 fully saturated rings. The summed E-state index contributed by atoms with van der Waals surface area (Å²) in [6.07, 6.45) is 6.41. The van der Waals surface area contributed by atoms with E-state index in [0.29, 0.717) is 43.8 Å². The molecule has 12 nitrogen and oxygen atoms in total. The van der Waals surface area contributed by atoms with Gasteiger partial charge < -0.3 is 24.4 Å². The molecule has 212 valence electrons. The summed E-state index contributed by atoms with van der Waals surface area (Å²) < 4.78 is 24.1. The lowest BCUT2D eigenvalue weighted by atomic mass is 9.80.